The number of nitrogens with one attached hydrogen (secondary N) is 1. The van der Waals surface area contributed by atoms with E-state index >= 15 is 0 Å². The van der Waals surface area contributed by atoms with Crippen molar-refractivity contribution in [3.05, 3.63) is 12.1 Å². The molecule has 0 aliphatic carbocycles. The van der Waals surface area contributed by atoms with Gasteiger partial charge in [0.05, 0.1) is 5.69 Å². The maximum absolute atomic E-state index is 9.99. The standard InChI is InChI=1S/C6H8N4O/c7-4-1-2-5(8)10-6(4)9-3-11/h1-3H,7H2,(H3,8,9,10,11). The smallest absolute Gasteiger partial charge is 0.212 e. The number of nitrogens with zero attached hydrogens (tertiary/aromatic N) is 1. The monoisotopic (exact) mass is 152 g/mol. The minimum Gasteiger partial charge on any atom is -0.396 e. The second-order valence-corrected chi connectivity index (χ2v) is 1.94. The Bertz CT molecular complexity index is 273. The molecule has 0 atom stereocenters. The highest BCUT2D eigenvalue weighted by Gasteiger charge is 1.98. The van der Waals surface area contributed by atoms with Gasteiger partial charge in [-0.15, -0.1) is 0 Å². The molecule has 0 saturated carbocycles. The van der Waals surface area contributed by atoms with Gasteiger partial charge < -0.3 is 16.8 Å². The summed E-state index contributed by atoms with van der Waals surface area (Å²) in [5, 5.41) is 2.32. The molecular weight excluding hydrogens is 144 g/mol. The Hall–Kier alpha value is -1.78. The molecule has 11 heavy (non-hydrogen) atoms. The van der Waals surface area contributed by atoms with Crippen molar-refractivity contribution in [3.63, 3.8) is 0 Å². The number of anilines is 3. The maximum atomic E-state index is 9.99. The minimum absolute atomic E-state index is 0.292. The topological polar surface area (TPSA) is 94.0 Å². The molecule has 5 heteroatoms. The molecule has 0 unspecified atom stereocenters. The molecule has 0 aliphatic rings. The van der Waals surface area contributed by atoms with Gasteiger partial charge in [-0.1, -0.05) is 0 Å². The number of nitrogen functional groups attached to an aromatic ring is 2. The highest BCUT2D eigenvalue weighted by atomic mass is 16.1. The predicted octanol–water partition coefficient (Wildman–Crippen LogP) is -0.186. The molecule has 0 bridgehead atoms. The van der Waals surface area contributed by atoms with Gasteiger partial charge in [0.1, 0.15) is 5.82 Å². The number of nitrogens with two attached hydrogens (primary N) is 2. The van der Waals surface area contributed by atoms with Gasteiger partial charge in [-0.3, -0.25) is 4.79 Å². The van der Waals surface area contributed by atoms with Crippen LogP contribution in [0.15, 0.2) is 12.1 Å². The lowest BCUT2D eigenvalue weighted by Gasteiger charge is -2.01. The van der Waals surface area contributed by atoms with Crippen molar-refractivity contribution in [2.45, 2.75) is 0 Å². The Morgan fingerprint density at radius 2 is 2.18 bits per heavy atom. The fourth-order valence-electron chi connectivity index (χ4n) is 0.656. The van der Waals surface area contributed by atoms with E-state index in [2.05, 4.69) is 10.3 Å². The molecule has 1 amide bonds. The molecule has 0 spiro atoms. The number of aromatic nitrogens is 1. The third kappa shape index (κ3) is 1.57. The van der Waals surface area contributed by atoms with Crippen molar-refractivity contribution < 1.29 is 4.79 Å². The summed E-state index contributed by atoms with van der Waals surface area (Å²) < 4.78 is 0. The molecule has 0 saturated heterocycles. The molecule has 0 aliphatic heterocycles. The van der Waals surface area contributed by atoms with Crippen LogP contribution < -0.4 is 16.8 Å². The largest absolute Gasteiger partial charge is 0.396 e. The van der Waals surface area contributed by atoms with Gasteiger partial charge in [-0.05, 0) is 12.1 Å². The van der Waals surface area contributed by atoms with Crippen LogP contribution in [0.3, 0.4) is 0 Å². The van der Waals surface area contributed by atoms with Crippen molar-refractivity contribution in [2.75, 3.05) is 16.8 Å². The van der Waals surface area contributed by atoms with Gasteiger partial charge >= 0.3 is 0 Å². The van der Waals surface area contributed by atoms with E-state index in [1.54, 1.807) is 12.1 Å². The molecule has 1 rings (SSSR count). The fourth-order valence-corrected chi connectivity index (χ4v) is 0.656. The van der Waals surface area contributed by atoms with Crippen LogP contribution in [0.2, 0.25) is 0 Å². The average molecular weight is 152 g/mol. The number of carbonyl (C=O) groups excluding carboxylic acids is 1. The van der Waals surface area contributed by atoms with Crippen molar-refractivity contribution in [1.82, 2.24) is 4.98 Å². The fraction of sp³-hybridized carbons (Fsp3) is 0. The summed E-state index contributed by atoms with van der Waals surface area (Å²) in [6.07, 6.45) is 0.498. The minimum atomic E-state index is 0.292. The molecule has 5 N–H and O–H groups in total. The first kappa shape index (κ1) is 7.33. The van der Waals surface area contributed by atoms with Crippen LogP contribution in [0.25, 0.3) is 0 Å². The molecule has 1 aromatic rings. The van der Waals surface area contributed by atoms with E-state index < -0.39 is 0 Å². The summed E-state index contributed by atoms with van der Waals surface area (Å²) in [6, 6.07) is 3.14. The highest BCUT2D eigenvalue weighted by molar-refractivity contribution is 5.77. The Morgan fingerprint density at radius 1 is 1.45 bits per heavy atom. The van der Waals surface area contributed by atoms with Gasteiger partial charge in [-0.2, -0.15) is 0 Å². The highest BCUT2D eigenvalue weighted by Crippen LogP contribution is 2.15. The third-order valence-corrected chi connectivity index (χ3v) is 1.14. The lowest BCUT2D eigenvalue weighted by atomic mass is 10.4. The molecule has 0 fully saturated rings. The Labute approximate surface area is 63.4 Å². The van der Waals surface area contributed by atoms with E-state index in [9.17, 15) is 4.79 Å². The number of amides is 1. The van der Waals surface area contributed by atoms with Crippen molar-refractivity contribution in [1.29, 1.82) is 0 Å². The zero-order valence-electron chi connectivity index (χ0n) is 5.74. The zero-order chi connectivity index (χ0) is 8.27. The van der Waals surface area contributed by atoms with Gasteiger partial charge in [0.2, 0.25) is 6.41 Å². The van der Waals surface area contributed by atoms with Crippen LogP contribution in [0, 0.1) is 0 Å². The van der Waals surface area contributed by atoms with Gasteiger partial charge in [0.15, 0.2) is 5.82 Å². The van der Waals surface area contributed by atoms with Crippen LogP contribution in [0.5, 0.6) is 0 Å². The molecule has 0 aromatic carbocycles. The maximum Gasteiger partial charge on any atom is 0.212 e. The Morgan fingerprint density at radius 3 is 2.82 bits per heavy atom. The van der Waals surface area contributed by atoms with E-state index in [1.807, 2.05) is 0 Å². The van der Waals surface area contributed by atoms with Crippen LogP contribution in [0.1, 0.15) is 0 Å². The molecule has 1 heterocycles. The Balaban J connectivity index is 3.01. The molecule has 58 valence electrons. The summed E-state index contributed by atoms with van der Waals surface area (Å²) in [5.41, 5.74) is 11.2. The first-order valence-corrected chi connectivity index (χ1v) is 2.96. The van der Waals surface area contributed by atoms with Crippen LogP contribution in [-0.2, 0) is 4.79 Å². The van der Waals surface area contributed by atoms with E-state index in [0.717, 1.165) is 0 Å². The first-order valence-electron chi connectivity index (χ1n) is 2.96. The first-order chi connectivity index (χ1) is 5.24. The van der Waals surface area contributed by atoms with Crippen molar-refractivity contribution in [2.24, 2.45) is 0 Å². The van der Waals surface area contributed by atoms with E-state index in [0.29, 0.717) is 23.7 Å². The van der Waals surface area contributed by atoms with E-state index in [1.165, 1.54) is 0 Å². The number of hydrogen-bond acceptors (Lipinski definition) is 4. The summed E-state index contributed by atoms with van der Waals surface area (Å²) in [5.74, 6) is 0.614. The van der Waals surface area contributed by atoms with E-state index in [-0.39, 0.29) is 0 Å². The Kier molecular flexibility index (Phi) is 1.91. The van der Waals surface area contributed by atoms with Crippen LogP contribution >= 0.6 is 0 Å². The SMILES string of the molecule is Nc1ccc(N)c(NC=O)n1. The van der Waals surface area contributed by atoms with Crippen LogP contribution in [0.4, 0.5) is 17.3 Å². The number of pyridine rings is 1. The normalized spacial score (nSPS) is 9.09. The summed E-state index contributed by atoms with van der Waals surface area (Å²) in [6.45, 7) is 0. The predicted molar refractivity (Wildman–Crippen MR) is 42.7 cm³/mol. The average Bonchev–Trinajstić information content (AvgIpc) is 1.98. The van der Waals surface area contributed by atoms with E-state index in [4.69, 9.17) is 11.5 Å². The lowest BCUT2D eigenvalue weighted by molar-refractivity contribution is -0.105. The van der Waals surface area contributed by atoms with Crippen molar-refractivity contribution >= 4 is 23.7 Å². The molecular formula is C6H8N4O. The zero-order valence-corrected chi connectivity index (χ0v) is 5.74. The summed E-state index contributed by atoms with van der Waals surface area (Å²) in [7, 11) is 0. The lowest BCUT2D eigenvalue weighted by Crippen LogP contribution is -2.03. The quantitative estimate of drug-likeness (QED) is 0.512. The summed E-state index contributed by atoms with van der Waals surface area (Å²) >= 11 is 0. The number of hydrogen-bond donors (Lipinski definition) is 3. The van der Waals surface area contributed by atoms with Gasteiger partial charge in [0, 0.05) is 0 Å². The second-order valence-electron chi connectivity index (χ2n) is 1.94. The van der Waals surface area contributed by atoms with Crippen molar-refractivity contribution in [3.8, 4) is 0 Å². The number of rotatable bonds is 2. The number of carbonyl (C=O) groups is 1. The molecule has 5 nitrogen and oxygen atoms in total. The van der Waals surface area contributed by atoms with Crippen LogP contribution in [-0.4, -0.2) is 11.4 Å². The molecule has 1 aromatic heterocycles. The molecule has 0 radical (unpaired) electrons. The third-order valence-electron chi connectivity index (χ3n) is 1.14. The summed E-state index contributed by atoms with van der Waals surface area (Å²) in [4.78, 5) is 13.8. The second kappa shape index (κ2) is 2.87. The van der Waals surface area contributed by atoms with Gasteiger partial charge in [0.25, 0.3) is 0 Å². The van der Waals surface area contributed by atoms with Gasteiger partial charge in [-0.25, -0.2) is 4.98 Å².